The van der Waals surface area contributed by atoms with Crippen molar-refractivity contribution in [3.8, 4) is 11.3 Å². The Hall–Kier alpha value is -2.95. The minimum atomic E-state index is -4.49. The predicted octanol–water partition coefficient (Wildman–Crippen LogP) is 2.01. The zero-order valence-corrected chi connectivity index (χ0v) is 15.7. The second kappa shape index (κ2) is 7.47. The molecular weight excluding hydrogens is 387 g/mol. The zero-order chi connectivity index (χ0) is 20.6. The van der Waals surface area contributed by atoms with Crippen molar-refractivity contribution >= 4 is 11.6 Å². The summed E-state index contributed by atoms with van der Waals surface area (Å²) >= 11 is 0. The van der Waals surface area contributed by atoms with Crippen molar-refractivity contribution in [1.82, 2.24) is 35.4 Å². The number of fused-ring (bicyclic) bond motifs is 1. The summed E-state index contributed by atoms with van der Waals surface area (Å²) < 4.78 is 41.4. The van der Waals surface area contributed by atoms with Gasteiger partial charge in [0.1, 0.15) is 6.33 Å². The van der Waals surface area contributed by atoms with Gasteiger partial charge < -0.3 is 10.6 Å². The van der Waals surface area contributed by atoms with E-state index in [9.17, 15) is 18.0 Å². The first-order chi connectivity index (χ1) is 13.8. The molecule has 3 aromatic heterocycles. The van der Waals surface area contributed by atoms with Gasteiger partial charge in [-0.3, -0.25) is 9.89 Å². The van der Waals surface area contributed by atoms with Crippen LogP contribution in [0.4, 0.5) is 13.2 Å². The Morgan fingerprint density at radius 1 is 1.34 bits per heavy atom. The molecule has 1 aliphatic heterocycles. The summed E-state index contributed by atoms with van der Waals surface area (Å²) in [4.78, 5) is 16.8. The zero-order valence-electron chi connectivity index (χ0n) is 15.7. The van der Waals surface area contributed by atoms with Gasteiger partial charge >= 0.3 is 6.18 Å². The highest BCUT2D eigenvalue weighted by Crippen LogP contribution is 2.31. The number of H-pyrrole nitrogens is 1. The number of aryl methyl sites for hydroxylation is 1. The van der Waals surface area contributed by atoms with E-state index in [0.29, 0.717) is 11.2 Å². The molecule has 29 heavy (non-hydrogen) atoms. The van der Waals surface area contributed by atoms with E-state index in [0.717, 1.165) is 31.5 Å². The number of aromatic nitrogens is 5. The predicted molar refractivity (Wildman–Crippen MR) is 98.4 cm³/mol. The maximum atomic E-state index is 13.3. The largest absolute Gasteiger partial charge is 0.393 e. The van der Waals surface area contributed by atoms with Gasteiger partial charge in [-0.25, -0.2) is 9.50 Å². The number of hydrogen-bond donors (Lipinski definition) is 3. The third-order valence-corrected chi connectivity index (χ3v) is 4.98. The van der Waals surface area contributed by atoms with Crippen molar-refractivity contribution in [2.45, 2.75) is 38.4 Å². The summed E-state index contributed by atoms with van der Waals surface area (Å²) in [7, 11) is 0. The third-order valence-electron chi connectivity index (χ3n) is 4.98. The number of piperidine rings is 1. The van der Waals surface area contributed by atoms with Gasteiger partial charge in [0.05, 0.1) is 12.1 Å². The maximum Gasteiger partial charge on any atom is 0.393 e. The Kier molecular flexibility index (Phi) is 4.99. The molecule has 11 heteroatoms. The molecule has 4 rings (SSSR count). The molecule has 0 atom stereocenters. The molecule has 0 unspecified atom stereocenters. The van der Waals surface area contributed by atoms with Crippen molar-refractivity contribution in [1.29, 1.82) is 0 Å². The fourth-order valence-electron chi connectivity index (χ4n) is 3.61. The Morgan fingerprint density at radius 3 is 2.83 bits per heavy atom. The van der Waals surface area contributed by atoms with Crippen molar-refractivity contribution in [2.24, 2.45) is 0 Å². The van der Waals surface area contributed by atoms with E-state index in [1.165, 1.54) is 10.8 Å². The van der Waals surface area contributed by atoms with Gasteiger partial charge in [0, 0.05) is 23.4 Å². The van der Waals surface area contributed by atoms with Crippen LogP contribution in [0, 0.1) is 6.92 Å². The van der Waals surface area contributed by atoms with Crippen LogP contribution in [0.25, 0.3) is 16.9 Å². The normalized spacial score (nSPS) is 15.7. The quantitative estimate of drug-likeness (QED) is 0.615. The minimum absolute atomic E-state index is 0.0867. The number of amides is 1. The summed E-state index contributed by atoms with van der Waals surface area (Å²) in [5, 5.41) is 16.6. The summed E-state index contributed by atoms with van der Waals surface area (Å²) in [5.74, 6) is -0.600. The van der Waals surface area contributed by atoms with Crippen molar-refractivity contribution in [3.63, 3.8) is 0 Å². The molecule has 3 N–H and O–H groups in total. The lowest BCUT2D eigenvalue weighted by atomic mass is 10.0. The molecule has 3 aromatic rings. The summed E-state index contributed by atoms with van der Waals surface area (Å²) in [6, 6.07) is 1.61. The molecule has 0 saturated carbocycles. The third kappa shape index (κ3) is 4.09. The van der Waals surface area contributed by atoms with Gasteiger partial charge in [-0.05, 0) is 44.5 Å². The van der Waals surface area contributed by atoms with Gasteiger partial charge in [0.2, 0.25) is 0 Å². The van der Waals surface area contributed by atoms with E-state index in [1.54, 1.807) is 19.2 Å². The molecule has 0 aliphatic carbocycles. The van der Waals surface area contributed by atoms with Gasteiger partial charge in [-0.1, -0.05) is 0 Å². The summed E-state index contributed by atoms with van der Waals surface area (Å²) in [5.41, 5.74) is 1.55. The highest BCUT2D eigenvalue weighted by molar-refractivity contribution is 5.95. The molecule has 0 spiro atoms. The van der Waals surface area contributed by atoms with Crippen LogP contribution in [-0.4, -0.2) is 56.0 Å². The monoisotopic (exact) mass is 407 g/mol. The van der Waals surface area contributed by atoms with Gasteiger partial charge in [-0.2, -0.15) is 23.4 Å². The van der Waals surface area contributed by atoms with E-state index in [2.05, 4.69) is 30.9 Å². The number of rotatable bonds is 4. The molecule has 0 aromatic carbocycles. The van der Waals surface area contributed by atoms with Gasteiger partial charge in [0.25, 0.3) is 5.91 Å². The molecule has 1 fully saturated rings. The smallest absolute Gasteiger partial charge is 0.348 e. The molecule has 1 saturated heterocycles. The highest BCUT2D eigenvalue weighted by Gasteiger charge is 2.34. The van der Waals surface area contributed by atoms with Crippen LogP contribution >= 0.6 is 0 Å². The Balaban J connectivity index is 1.72. The van der Waals surface area contributed by atoms with Gasteiger partial charge in [0.15, 0.2) is 11.3 Å². The van der Waals surface area contributed by atoms with Crippen molar-refractivity contribution in [3.05, 3.63) is 35.4 Å². The van der Waals surface area contributed by atoms with E-state index < -0.39 is 18.5 Å². The van der Waals surface area contributed by atoms with Crippen LogP contribution in [0.15, 0.2) is 18.6 Å². The lowest BCUT2D eigenvalue weighted by Crippen LogP contribution is -2.43. The van der Waals surface area contributed by atoms with Gasteiger partial charge in [-0.15, -0.1) is 0 Å². The average molecular weight is 407 g/mol. The first-order valence-electron chi connectivity index (χ1n) is 9.28. The van der Waals surface area contributed by atoms with E-state index in [-0.39, 0.29) is 23.0 Å². The summed E-state index contributed by atoms with van der Waals surface area (Å²) in [6.07, 6.45) is -1.37. The molecule has 154 valence electrons. The molecule has 1 aliphatic rings. The number of aromatic amines is 1. The maximum absolute atomic E-state index is 13.3. The number of nitrogens with zero attached hydrogens (tertiary/aromatic N) is 4. The van der Waals surface area contributed by atoms with E-state index >= 15 is 0 Å². The van der Waals surface area contributed by atoms with Crippen molar-refractivity contribution < 1.29 is 18.0 Å². The van der Waals surface area contributed by atoms with Crippen LogP contribution in [0.1, 0.15) is 34.5 Å². The van der Waals surface area contributed by atoms with Crippen LogP contribution in [0.2, 0.25) is 0 Å². The molecule has 1 amide bonds. The second-order valence-electron chi connectivity index (χ2n) is 7.16. The number of carbonyl (C=O) groups excluding carboxylic acids is 1. The lowest BCUT2D eigenvalue weighted by Gasteiger charge is -2.23. The standard InChI is InChI=1S/C18H20F3N7O/c1-10-6-11(8-28-16(10)23-9-24-28)14-13(7-18(19,20)21)15(27-26-14)17(29)25-12-2-4-22-5-3-12/h6,8-9,12,22H,2-5,7H2,1H3,(H,25,29)(H,26,27). The van der Waals surface area contributed by atoms with Crippen LogP contribution < -0.4 is 10.6 Å². The topological polar surface area (TPSA) is 100 Å². The molecule has 0 bridgehead atoms. The number of pyridine rings is 1. The number of halogens is 3. The fourth-order valence-corrected chi connectivity index (χ4v) is 3.61. The number of carbonyl (C=O) groups is 1. The minimum Gasteiger partial charge on any atom is -0.348 e. The lowest BCUT2D eigenvalue weighted by molar-refractivity contribution is -0.127. The van der Waals surface area contributed by atoms with Crippen LogP contribution in [-0.2, 0) is 6.42 Å². The second-order valence-corrected chi connectivity index (χ2v) is 7.16. The van der Waals surface area contributed by atoms with E-state index in [4.69, 9.17) is 0 Å². The average Bonchev–Trinajstić information content (AvgIpc) is 3.28. The Bertz CT molecular complexity index is 1030. The number of alkyl halides is 3. The fraction of sp³-hybridized carbons (Fsp3) is 0.444. The highest BCUT2D eigenvalue weighted by atomic mass is 19.4. The number of hydrogen-bond acceptors (Lipinski definition) is 5. The van der Waals surface area contributed by atoms with Crippen molar-refractivity contribution in [2.75, 3.05) is 13.1 Å². The Morgan fingerprint density at radius 2 is 2.10 bits per heavy atom. The SMILES string of the molecule is Cc1cc(-c2[nH]nc(C(=O)NC3CCNCC3)c2CC(F)(F)F)cn2ncnc12. The number of nitrogens with one attached hydrogen (secondary N) is 3. The van der Waals surface area contributed by atoms with Crippen LogP contribution in [0.5, 0.6) is 0 Å². The summed E-state index contributed by atoms with van der Waals surface area (Å²) in [6.45, 7) is 3.30. The molecular formula is C18H20F3N7O. The Labute approximate surface area is 163 Å². The van der Waals surface area contributed by atoms with E-state index in [1.807, 2.05) is 0 Å². The molecule has 8 nitrogen and oxygen atoms in total. The molecule has 4 heterocycles. The van der Waals surface area contributed by atoms with Crippen LogP contribution in [0.3, 0.4) is 0 Å². The first kappa shape index (κ1) is 19.4. The first-order valence-corrected chi connectivity index (χ1v) is 9.28. The molecule has 0 radical (unpaired) electrons.